The highest BCUT2D eigenvalue weighted by Crippen LogP contribution is 2.30. The first-order chi connectivity index (χ1) is 16.5. The molecule has 0 N–H and O–H groups in total. The zero-order chi connectivity index (χ0) is 24.1. The first-order valence-corrected chi connectivity index (χ1v) is 11.5. The van der Waals surface area contributed by atoms with Crippen LogP contribution in [-0.4, -0.2) is 62.8 Å². The minimum absolute atomic E-state index is 0.00294. The minimum atomic E-state index is -0.00294. The summed E-state index contributed by atoms with van der Waals surface area (Å²) in [5, 5.41) is 1.09. The fourth-order valence-electron chi connectivity index (χ4n) is 4.19. The molecule has 0 unspecified atom stereocenters. The topological polar surface area (TPSA) is 64.1 Å². The number of fused-ring (bicyclic) bond motifs is 1. The Balaban J connectivity index is 1.41. The van der Waals surface area contributed by atoms with Gasteiger partial charge in [-0.15, -0.1) is 0 Å². The maximum absolute atomic E-state index is 12.8. The van der Waals surface area contributed by atoms with Crippen molar-refractivity contribution in [1.29, 1.82) is 0 Å². The van der Waals surface area contributed by atoms with E-state index in [1.807, 2.05) is 48.2 Å². The van der Waals surface area contributed by atoms with Crippen LogP contribution in [0.3, 0.4) is 0 Å². The molecule has 0 aliphatic carbocycles. The molecular weight excluding hydrogens is 430 g/mol. The number of carbonyl (C=O) groups excluding carboxylic acids is 1. The Bertz CT molecular complexity index is 1200. The zero-order valence-electron chi connectivity index (χ0n) is 20.2. The highest BCUT2D eigenvalue weighted by molar-refractivity contribution is 5.92. The number of hydrogen-bond donors (Lipinski definition) is 0. The standard InChI is InChI=1S/C27H31N3O4/c1-5-34-22-11-9-20(18-24(22)33-4)10-12-26(31)30-15-13-29(14-16-30)25-17-19(2)21-7-6-8-23(32-3)27(21)28-25/h6-12,17-18H,5,13-16H2,1-4H3/b12-10+. The summed E-state index contributed by atoms with van der Waals surface area (Å²) in [5.74, 6) is 3.03. The molecule has 3 aromatic rings. The molecule has 0 spiro atoms. The molecule has 4 rings (SSSR count). The fraction of sp³-hybridized carbons (Fsp3) is 0.333. The lowest BCUT2D eigenvalue weighted by Crippen LogP contribution is -2.48. The Hall–Kier alpha value is -3.74. The Morgan fingerprint density at radius 1 is 1.00 bits per heavy atom. The van der Waals surface area contributed by atoms with E-state index in [4.69, 9.17) is 19.2 Å². The van der Waals surface area contributed by atoms with Crippen LogP contribution in [0.5, 0.6) is 17.2 Å². The maximum atomic E-state index is 12.8. The van der Waals surface area contributed by atoms with Gasteiger partial charge < -0.3 is 24.0 Å². The van der Waals surface area contributed by atoms with Gasteiger partial charge in [-0.05, 0) is 55.3 Å². The second-order valence-electron chi connectivity index (χ2n) is 8.14. The molecule has 1 aromatic heterocycles. The highest BCUT2D eigenvalue weighted by atomic mass is 16.5. The van der Waals surface area contributed by atoms with Crippen LogP contribution >= 0.6 is 0 Å². The Morgan fingerprint density at radius 2 is 1.76 bits per heavy atom. The third-order valence-corrected chi connectivity index (χ3v) is 6.04. The molecule has 178 valence electrons. The van der Waals surface area contributed by atoms with Crippen LogP contribution in [-0.2, 0) is 4.79 Å². The second-order valence-corrected chi connectivity index (χ2v) is 8.14. The van der Waals surface area contributed by atoms with E-state index in [1.54, 1.807) is 20.3 Å². The zero-order valence-corrected chi connectivity index (χ0v) is 20.2. The second kappa shape index (κ2) is 10.5. The van der Waals surface area contributed by atoms with Crippen LogP contribution in [0, 0.1) is 6.92 Å². The predicted molar refractivity (Wildman–Crippen MR) is 135 cm³/mol. The van der Waals surface area contributed by atoms with Crippen molar-refractivity contribution in [2.24, 2.45) is 0 Å². The number of pyridine rings is 1. The number of hydrogen-bond acceptors (Lipinski definition) is 6. The third kappa shape index (κ3) is 4.93. The van der Waals surface area contributed by atoms with Gasteiger partial charge in [-0.25, -0.2) is 4.98 Å². The predicted octanol–water partition coefficient (Wildman–Crippen LogP) is 4.32. The largest absolute Gasteiger partial charge is 0.494 e. The van der Waals surface area contributed by atoms with Gasteiger partial charge in [0.2, 0.25) is 5.91 Å². The lowest BCUT2D eigenvalue weighted by atomic mass is 10.1. The van der Waals surface area contributed by atoms with Crippen molar-refractivity contribution in [2.75, 3.05) is 51.9 Å². The van der Waals surface area contributed by atoms with E-state index in [9.17, 15) is 4.79 Å². The number of piperazine rings is 1. The third-order valence-electron chi connectivity index (χ3n) is 6.04. The maximum Gasteiger partial charge on any atom is 0.246 e. The Morgan fingerprint density at radius 3 is 2.47 bits per heavy atom. The first kappa shape index (κ1) is 23.4. The average molecular weight is 462 g/mol. The van der Waals surface area contributed by atoms with Gasteiger partial charge in [0, 0.05) is 37.6 Å². The van der Waals surface area contributed by atoms with Gasteiger partial charge in [-0.1, -0.05) is 18.2 Å². The first-order valence-electron chi connectivity index (χ1n) is 11.5. The van der Waals surface area contributed by atoms with Gasteiger partial charge >= 0.3 is 0 Å². The number of nitrogens with zero attached hydrogens (tertiary/aromatic N) is 3. The number of rotatable bonds is 7. The summed E-state index contributed by atoms with van der Waals surface area (Å²) in [6.07, 6.45) is 3.43. The van der Waals surface area contributed by atoms with E-state index in [0.29, 0.717) is 31.2 Å². The number of anilines is 1. The number of aryl methyl sites for hydroxylation is 1. The molecule has 7 heteroatoms. The molecule has 0 atom stereocenters. The molecule has 1 aliphatic heterocycles. The van der Waals surface area contributed by atoms with Crippen LogP contribution < -0.4 is 19.1 Å². The quantitative estimate of drug-likeness (QED) is 0.489. The van der Waals surface area contributed by atoms with E-state index in [-0.39, 0.29) is 5.91 Å². The number of methoxy groups -OCH3 is 2. The molecule has 34 heavy (non-hydrogen) atoms. The van der Waals surface area contributed by atoms with E-state index in [0.717, 1.165) is 46.7 Å². The monoisotopic (exact) mass is 461 g/mol. The van der Waals surface area contributed by atoms with Crippen molar-refractivity contribution < 1.29 is 19.0 Å². The number of carbonyl (C=O) groups is 1. The molecule has 1 amide bonds. The number of benzene rings is 2. The molecule has 0 radical (unpaired) electrons. The molecular formula is C27H31N3O4. The molecule has 0 saturated carbocycles. The van der Waals surface area contributed by atoms with Crippen molar-refractivity contribution in [3.8, 4) is 17.2 Å². The lowest BCUT2D eigenvalue weighted by Gasteiger charge is -2.35. The molecule has 1 saturated heterocycles. The SMILES string of the molecule is CCOc1ccc(/C=C/C(=O)N2CCN(c3cc(C)c4cccc(OC)c4n3)CC2)cc1OC. The minimum Gasteiger partial charge on any atom is -0.494 e. The normalized spacial score (nSPS) is 14.0. The lowest BCUT2D eigenvalue weighted by molar-refractivity contribution is -0.126. The Labute approximate surface area is 200 Å². The number of ether oxygens (including phenoxy) is 3. The van der Waals surface area contributed by atoms with Gasteiger partial charge in [0.15, 0.2) is 11.5 Å². The summed E-state index contributed by atoms with van der Waals surface area (Å²) in [7, 11) is 3.28. The van der Waals surface area contributed by atoms with Crippen molar-refractivity contribution in [3.63, 3.8) is 0 Å². The summed E-state index contributed by atoms with van der Waals surface area (Å²) in [6.45, 7) is 7.32. The number of amides is 1. The summed E-state index contributed by atoms with van der Waals surface area (Å²) >= 11 is 0. The summed E-state index contributed by atoms with van der Waals surface area (Å²) in [4.78, 5) is 21.8. The fourth-order valence-corrected chi connectivity index (χ4v) is 4.19. The van der Waals surface area contributed by atoms with Crippen LogP contribution in [0.25, 0.3) is 17.0 Å². The van der Waals surface area contributed by atoms with Gasteiger partial charge in [0.05, 0.1) is 20.8 Å². The van der Waals surface area contributed by atoms with E-state index in [1.165, 1.54) is 0 Å². The van der Waals surface area contributed by atoms with Gasteiger partial charge in [0.25, 0.3) is 0 Å². The van der Waals surface area contributed by atoms with Gasteiger partial charge in [-0.3, -0.25) is 4.79 Å². The molecule has 7 nitrogen and oxygen atoms in total. The van der Waals surface area contributed by atoms with Crippen LogP contribution in [0.4, 0.5) is 5.82 Å². The van der Waals surface area contributed by atoms with Crippen molar-refractivity contribution >= 4 is 28.7 Å². The van der Waals surface area contributed by atoms with Crippen molar-refractivity contribution in [2.45, 2.75) is 13.8 Å². The molecule has 2 heterocycles. The number of para-hydroxylation sites is 1. The molecule has 2 aromatic carbocycles. The van der Waals surface area contributed by atoms with E-state index >= 15 is 0 Å². The van der Waals surface area contributed by atoms with Gasteiger partial charge in [0.1, 0.15) is 17.1 Å². The summed E-state index contributed by atoms with van der Waals surface area (Å²) in [6, 6.07) is 13.7. The van der Waals surface area contributed by atoms with Crippen LogP contribution in [0.15, 0.2) is 48.5 Å². The molecule has 1 fully saturated rings. The van der Waals surface area contributed by atoms with Crippen molar-refractivity contribution in [3.05, 3.63) is 59.7 Å². The van der Waals surface area contributed by atoms with Gasteiger partial charge in [-0.2, -0.15) is 0 Å². The van der Waals surface area contributed by atoms with Crippen LogP contribution in [0.2, 0.25) is 0 Å². The smallest absolute Gasteiger partial charge is 0.246 e. The molecule has 0 bridgehead atoms. The highest BCUT2D eigenvalue weighted by Gasteiger charge is 2.21. The summed E-state index contributed by atoms with van der Waals surface area (Å²) < 4.78 is 16.5. The van der Waals surface area contributed by atoms with Crippen LogP contribution in [0.1, 0.15) is 18.1 Å². The molecule has 1 aliphatic rings. The van der Waals surface area contributed by atoms with E-state index in [2.05, 4.69) is 24.0 Å². The Kier molecular flexibility index (Phi) is 7.21. The number of aromatic nitrogens is 1. The summed E-state index contributed by atoms with van der Waals surface area (Å²) in [5.41, 5.74) is 2.91. The average Bonchev–Trinajstić information content (AvgIpc) is 2.87. The van der Waals surface area contributed by atoms with Crippen molar-refractivity contribution in [1.82, 2.24) is 9.88 Å². The van der Waals surface area contributed by atoms with E-state index < -0.39 is 0 Å².